The van der Waals surface area contributed by atoms with Gasteiger partial charge in [-0.1, -0.05) is 18.2 Å². The van der Waals surface area contributed by atoms with E-state index in [0.717, 1.165) is 29.3 Å². The van der Waals surface area contributed by atoms with Crippen LogP contribution in [0.4, 0.5) is 4.39 Å². The lowest BCUT2D eigenvalue weighted by atomic mass is 10.0. The predicted octanol–water partition coefficient (Wildman–Crippen LogP) is 3.49. The van der Waals surface area contributed by atoms with E-state index in [-0.39, 0.29) is 17.8 Å². The Morgan fingerprint density at radius 1 is 1.27 bits per heavy atom. The molecule has 1 unspecified atom stereocenters. The SMILES string of the molecule is COc1ccccc1C1CNCCN1C(=O)CCSc1ccc(F)cc1. The van der Waals surface area contributed by atoms with Crippen molar-refractivity contribution in [2.24, 2.45) is 0 Å². The van der Waals surface area contributed by atoms with Crippen molar-refractivity contribution in [2.75, 3.05) is 32.5 Å². The van der Waals surface area contributed by atoms with E-state index in [4.69, 9.17) is 4.74 Å². The number of benzene rings is 2. The number of carbonyl (C=O) groups is 1. The Bertz CT molecular complexity index is 739. The van der Waals surface area contributed by atoms with E-state index < -0.39 is 0 Å². The van der Waals surface area contributed by atoms with Crippen LogP contribution in [0, 0.1) is 5.82 Å². The van der Waals surface area contributed by atoms with Crippen LogP contribution in [0.3, 0.4) is 0 Å². The summed E-state index contributed by atoms with van der Waals surface area (Å²) >= 11 is 1.57. The van der Waals surface area contributed by atoms with Crippen molar-refractivity contribution in [1.82, 2.24) is 10.2 Å². The standard InChI is InChI=1S/C20H23FN2O2S/c1-25-19-5-3-2-4-17(19)18-14-22-11-12-23(18)20(24)10-13-26-16-8-6-15(21)7-9-16/h2-9,18,22H,10-14H2,1H3. The summed E-state index contributed by atoms with van der Waals surface area (Å²) in [4.78, 5) is 15.7. The number of hydrogen-bond acceptors (Lipinski definition) is 4. The lowest BCUT2D eigenvalue weighted by Gasteiger charge is -2.37. The number of piperazine rings is 1. The number of para-hydroxylation sites is 1. The van der Waals surface area contributed by atoms with E-state index in [9.17, 15) is 9.18 Å². The van der Waals surface area contributed by atoms with Crippen molar-refractivity contribution in [1.29, 1.82) is 0 Å². The Morgan fingerprint density at radius 3 is 2.81 bits per heavy atom. The van der Waals surface area contributed by atoms with Gasteiger partial charge in [0.25, 0.3) is 0 Å². The van der Waals surface area contributed by atoms with Gasteiger partial charge in [0.1, 0.15) is 11.6 Å². The minimum atomic E-state index is -0.245. The van der Waals surface area contributed by atoms with Crippen molar-refractivity contribution in [3.05, 3.63) is 59.9 Å². The molecule has 2 aromatic carbocycles. The quantitative estimate of drug-likeness (QED) is 0.786. The first-order valence-electron chi connectivity index (χ1n) is 8.70. The van der Waals surface area contributed by atoms with Gasteiger partial charge in [0.05, 0.1) is 13.2 Å². The van der Waals surface area contributed by atoms with Crippen molar-refractivity contribution < 1.29 is 13.9 Å². The van der Waals surface area contributed by atoms with Crippen LogP contribution in [0.1, 0.15) is 18.0 Å². The summed E-state index contributed by atoms with van der Waals surface area (Å²) in [6.45, 7) is 2.20. The monoisotopic (exact) mass is 374 g/mol. The van der Waals surface area contributed by atoms with Crippen LogP contribution in [0.25, 0.3) is 0 Å². The van der Waals surface area contributed by atoms with Gasteiger partial charge in [-0.3, -0.25) is 4.79 Å². The molecule has 0 aliphatic carbocycles. The summed E-state index contributed by atoms with van der Waals surface area (Å²) in [6, 6.07) is 14.2. The first-order valence-corrected chi connectivity index (χ1v) is 9.69. The number of ether oxygens (including phenoxy) is 1. The molecule has 1 aliphatic rings. The van der Waals surface area contributed by atoms with Gasteiger partial charge in [-0.05, 0) is 30.3 Å². The normalized spacial score (nSPS) is 17.2. The number of nitrogens with one attached hydrogen (secondary N) is 1. The minimum Gasteiger partial charge on any atom is -0.496 e. The first kappa shape index (κ1) is 18.7. The Hall–Kier alpha value is -2.05. The van der Waals surface area contributed by atoms with Crippen LogP contribution in [0.15, 0.2) is 53.4 Å². The number of hydrogen-bond donors (Lipinski definition) is 1. The number of nitrogens with zero attached hydrogens (tertiary/aromatic N) is 1. The fraction of sp³-hybridized carbons (Fsp3) is 0.350. The molecule has 1 atom stereocenters. The van der Waals surface area contributed by atoms with E-state index in [2.05, 4.69) is 5.32 Å². The molecule has 1 amide bonds. The second-order valence-corrected chi connectivity index (χ2v) is 7.27. The van der Waals surface area contributed by atoms with Gasteiger partial charge in [0.15, 0.2) is 0 Å². The van der Waals surface area contributed by atoms with Gasteiger partial charge in [0.2, 0.25) is 5.91 Å². The van der Waals surface area contributed by atoms with Gasteiger partial charge in [-0.15, -0.1) is 11.8 Å². The maximum Gasteiger partial charge on any atom is 0.224 e. The summed E-state index contributed by atoms with van der Waals surface area (Å²) < 4.78 is 18.4. The molecule has 1 N–H and O–H groups in total. The summed E-state index contributed by atoms with van der Waals surface area (Å²) in [7, 11) is 1.65. The highest BCUT2D eigenvalue weighted by atomic mass is 32.2. The van der Waals surface area contributed by atoms with Crippen LogP contribution in [0.2, 0.25) is 0 Å². The number of methoxy groups -OCH3 is 1. The second kappa shape index (κ2) is 9.05. The third-order valence-corrected chi connectivity index (χ3v) is 5.47. The molecule has 0 saturated carbocycles. The molecule has 1 heterocycles. The molecular weight excluding hydrogens is 351 g/mol. The third-order valence-electron chi connectivity index (χ3n) is 4.46. The topological polar surface area (TPSA) is 41.6 Å². The van der Waals surface area contributed by atoms with Gasteiger partial charge in [-0.25, -0.2) is 4.39 Å². The van der Waals surface area contributed by atoms with E-state index in [0.29, 0.717) is 18.7 Å². The molecule has 26 heavy (non-hydrogen) atoms. The lowest BCUT2D eigenvalue weighted by Crippen LogP contribution is -2.48. The first-order chi connectivity index (χ1) is 12.7. The van der Waals surface area contributed by atoms with Crippen molar-refractivity contribution in [3.63, 3.8) is 0 Å². The van der Waals surface area contributed by atoms with E-state index in [1.807, 2.05) is 29.2 Å². The van der Waals surface area contributed by atoms with Crippen LogP contribution < -0.4 is 10.1 Å². The molecule has 3 rings (SSSR count). The zero-order chi connectivity index (χ0) is 18.4. The van der Waals surface area contributed by atoms with Crippen molar-refractivity contribution in [3.8, 4) is 5.75 Å². The third kappa shape index (κ3) is 4.56. The van der Waals surface area contributed by atoms with Gasteiger partial charge < -0.3 is 15.0 Å². The lowest BCUT2D eigenvalue weighted by molar-refractivity contribution is -0.134. The highest BCUT2D eigenvalue weighted by molar-refractivity contribution is 7.99. The molecule has 0 bridgehead atoms. The number of halogens is 1. The summed E-state index contributed by atoms with van der Waals surface area (Å²) in [6.07, 6.45) is 0.452. The smallest absolute Gasteiger partial charge is 0.224 e. The molecule has 0 aromatic heterocycles. The molecule has 138 valence electrons. The maximum absolute atomic E-state index is 13.0. The Labute approximate surface area is 157 Å². The largest absolute Gasteiger partial charge is 0.496 e. The van der Waals surface area contributed by atoms with Gasteiger partial charge >= 0.3 is 0 Å². The molecule has 1 saturated heterocycles. The van der Waals surface area contributed by atoms with Gasteiger partial charge in [-0.2, -0.15) is 0 Å². The van der Waals surface area contributed by atoms with E-state index >= 15 is 0 Å². The zero-order valence-corrected chi connectivity index (χ0v) is 15.6. The molecule has 2 aromatic rings. The Kier molecular flexibility index (Phi) is 6.52. The molecule has 0 radical (unpaired) electrons. The summed E-state index contributed by atoms with van der Waals surface area (Å²) in [5.41, 5.74) is 1.03. The van der Waals surface area contributed by atoms with E-state index in [1.165, 1.54) is 12.1 Å². The zero-order valence-electron chi connectivity index (χ0n) is 14.8. The highest BCUT2D eigenvalue weighted by Crippen LogP contribution is 2.31. The number of amides is 1. The predicted molar refractivity (Wildman–Crippen MR) is 102 cm³/mol. The molecule has 4 nitrogen and oxygen atoms in total. The van der Waals surface area contributed by atoms with Crippen LogP contribution in [-0.4, -0.2) is 43.3 Å². The highest BCUT2D eigenvalue weighted by Gasteiger charge is 2.29. The van der Waals surface area contributed by atoms with Crippen LogP contribution in [0.5, 0.6) is 5.75 Å². The molecule has 1 fully saturated rings. The Balaban J connectivity index is 1.63. The fourth-order valence-electron chi connectivity index (χ4n) is 3.15. The van der Waals surface area contributed by atoms with Crippen molar-refractivity contribution in [2.45, 2.75) is 17.4 Å². The van der Waals surface area contributed by atoms with E-state index in [1.54, 1.807) is 31.0 Å². The van der Waals surface area contributed by atoms with Crippen LogP contribution >= 0.6 is 11.8 Å². The molecule has 0 spiro atoms. The van der Waals surface area contributed by atoms with Crippen molar-refractivity contribution >= 4 is 17.7 Å². The summed E-state index contributed by atoms with van der Waals surface area (Å²) in [5, 5.41) is 3.37. The number of carbonyl (C=O) groups excluding carboxylic acids is 1. The second-order valence-electron chi connectivity index (χ2n) is 6.10. The fourth-order valence-corrected chi connectivity index (χ4v) is 3.99. The Morgan fingerprint density at radius 2 is 2.04 bits per heavy atom. The number of thioether (sulfide) groups is 1. The molecule has 1 aliphatic heterocycles. The summed E-state index contributed by atoms with van der Waals surface area (Å²) in [5.74, 6) is 1.37. The van der Waals surface area contributed by atoms with Gasteiger partial charge in [0, 0.05) is 42.3 Å². The molecule has 6 heteroatoms. The average Bonchev–Trinajstić information content (AvgIpc) is 2.69. The van der Waals surface area contributed by atoms with Crippen LogP contribution in [-0.2, 0) is 4.79 Å². The maximum atomic E-state index is 13.0. The minimum absolute atomic E-state index is 0.0248. The number of rotatable bonds is 6. The average molecular weight is 374 g/mol. The molecular formula is C20H23FN2O2S.